The maximum absolute atomic E-state index is 5.91. The van der Waals surface area contributed by atoms with E-state index in [1.54, 1.807) is 7.11 Å². The standard InChI is InChI=1S/C10H10ClNO/c1-13-10(11)9-6-7-4-2-3-5-8(7)12-9/h2-6,10,12H,1H3. The Labute approximate surface area is 81.5 Å². The number of ether oxygens (including phenoxy) is 1. The number of benzene rings is 1. The first kappa shape index (κ1) is 8.60. The number of halogens is 1. The second-order valence-electron chi connectivity index (χ2n) is 2.86. The highest BCUT2D eigenvalue weighted by Gasteiger charge is 2.08. The summed E-state index contributed by atoms with van der Waals surface area (Å²) in [4.78, 5) is 3.19. The van der Waals surface area contributed by atoms with E-state index in [1.807, 2.05) is 30.3 Å². The molecule has 13 heavy (non-hydrogen) atoms. The van der Waals surface area contributed by atoms with E-state index in [0.29, 0.717) is 0 Å². The summed E-state index contributed by atoms with van der Waals surface area (Å²) < 4.78 is 5.00. The molecule has 0 aliphatic heterocycles. The van der Waals surface area contributed by atoms with E-state index < -0.39 is 5.56 Å². The average Bonchev–Trinajstić information content (AvgIpc) is 2.59. The monoisotopic (exact) mass is 195 g/mol. The van der Waals surface area contributed by atoms with E-state index in [2.05, 4.69) is 4.98 Å². The third-order valence-corrected chi connectivity index (χ3v) is 2.42. The fourth-order valence-electron chi connectivity index (χ4n) is 1.35. The molecule has 2 aromatic rings. The first-order valence-electron chi connectivity index (χ1n) is 4.06. The van der Waals surface area contributed by atoms with Crippen LogP contribution in [0.2, 0.25) is 0 Å². The molecule has 0 bridgehead atoms. The molecule has 1 N–H and O–H groups in total. The van der Waals surface area contributed by atoms with Gasteiger partial charge in [-0.15, -0.1) is 0 Å². The van der Waals surface area contributed by atoms with Crippen molar-refractivity contribution in [3.63, 3.8) is 0 Å². The highest BCUT2D eigenvalue weighted by atomic mass is 35.5. The lowest BCUT2D eigenvalue weighted by Crippen LogP contribution is -1.91. The van der Waals surface area contributed by atoms with Crippen molar-refractivity contribution in [2.24, 2.45) is 0 Å². The SMILES string of the molecule is COC(Cl)c1cc2ccccc2[nH]1. The summed E-state index contributed by atoms with van der Waals surface area (Å²) in [7, 11) is 1.59. The number of methoxy groups -OCH3 is 1. The molecule has 0 fully saturated rings. The molecule has 0 saturated heterocycles. The summed E-state index contributed by atoms with van der Waals surface area (Å²) in [5, 5.41) is 1.15. The van der Waals surface area contributed by atoms with E-state index in [9.17, 15) is 0 Å². The predicted molar refractivity (Wildman–Crippen MR) is 53.9 cm³/mol. The van der Waals surface area contributed by atoms with Gasteiger partial charge in [0, 0.05) is 12.6 Å². The largest absolute Gasteiger partial charge is 0.360 e. The molecule has 0 radical (unpaired) electrons. The van der Waals surface area contributed by atoms with Crippen molar-refractivity contribution in [3.05, 3.63) is 36.0 Å². The molecule has 0 amide bonds. The van der Waals surface area contributed by atoms with Gasteiger partial charge in [0.2, 0.25) is 0 Å². The predicted octanol–water partition coefficient (Wildman–Crippen LogP) is 3.05. The number of hydrogen-bond donors (Lipinski definition) is 1. The van der Waals surface area contributed by atoms with Crippen molar-refractivity contribution >= 4 is 22.5 Å². The minimum absolute atomic E-state index is 0.396. The van der Waals surface area contributed by atoms with Crippen molar-refractivity contribution in [3.8, 4) is 0 Å². The number of alkyl halides is 1. The molecule has 1 heterocycles. The van der Waals surface area contributed by atoms with Crippen molar-refractivity contribution in [2.45, 2.75) is 5.56 Å². The van der Waals surface area contributed by atoms with E-state index in [1.165, 1.54) is 0 Å². The minimum Gasteiger partial charge on any atom is -0.360 e. The molecule has 0 aliphatic carbocycles. The molecule has 1 atom stereocenters. The van der Waals surface area contributed by atoms with Gasteiger partial charge in [-0.1, -0.05) is 29.8 Å². The van der Waals surface area contributed by atoms with Gasteiger partial charge in [-0.05, 0) is 17.5 Å². The number of aromatic nitrogens is 1. The Morgan fingerprint density at radius 1 is 1.38 bits per heavy atom. The van der Waals surface area contributed by atoms with E-state index >= 15 is 0 Å². The Balaban J connectivity index is 2.49. The van der Waals surface area contributed by atoms with E-state index in [4.69, 9.17) is 16.3 Å². The Morgan fingerprint density at radius 2 is 2.15 bits per heavy atom. The maximum atomic E-state index is 5.91. The molecule has 0 aliphatic rings. The number of fused-ring (bicyclic) bond motifs is 1. The lowest BCUT2D eigenvalue weighted by molar-refractivity contribution is 0.167. The molecule has 68 valence electrons. The van der Waals surface area contributed by atoms with Crippen molar-refractivity contribution in [2.75, 3.05) is 7.11 Å². The highest BCUT2D eigenvalue weighted by Crippen LogP contribution is 2.24. The topological polar surface area (TPSA) is 25.0 Å². The highest BCUT2D eigenvalue weighted by molar-refractivity contribution is 6.19. The Kier molecular flexibility index (Phi) is 2.25. The van der Waals surface area contributed by atoms with Gasteiger partial charge in [0.15, 0.2) is 5.56 Å². The summed E-state index contributed by atoms with van der Waals surface area (Å²) in [5.74, 6) is 0. The molecule has 3 heteroatoms. The zero-order chi connectivity index (χ0) is 9.26. The summed E-state index contributed by atoms with van der Waals surface area (Å²) in [6.45, 7) is 0. The van der Waals surface area contributed by atoms with Crippen LogP contribution in [-0.2, 0) is 4.74 Å². The normalized spacial score (nSPS) is 13.4. The Bertz CT molecular complexity index is 377. The zero-order valence-electron chi connectivity index (χ0n) is 7.25. The van der Waals surface area contributed by atoms with E-state index in [0.717, 1.165) is 16.6 Å². The number of nitrogens with one attached hydrogen (secondary N) is 1. The van der Waals surface area contributed by atoms with E-state index in [-0.39, 0.29) is 0 Å². The van der Waals surface area contributed by atoms with Crippen LogP contribution in [-0.4, -0.2) is 12.1 Å². The van der Waals surface area contributed by atoms with Gasteiger partial charge >= 0.3 is 0 Å². The molecule has 1 unspecified atom stereocenters. The number of aromatic amines is 1. The quantitative estimate of drug-likeness (QED) is 0.733. The molecular formula is C10H10ClNO. The van der Waals surface area contributed by atoms with Crippen molar-refractivity contribution in [1.82, 2.24) is 4.98 Å². The van der Waals surface area contributed by atoms with Gasteiger partial charge in [0.1, 0.15) is 0 Å². The first-order valence-corrected chi connectivity index (χ1v) is 4.49. The zero-order valence-corrected chi connectivity index (χ0v) is 8.01. The molecule has 0 saturated carbocycles. The minimum atomic E-state index is -0.396. The van der Waals surface area contributed by atoms with Crippen LogP contribution in [0, 0.1) is 0 Å². The lowest BCUT2D eigenvalue weighted by atomic mass is 10.2. The molecule has 2 rings (SSSR count). The second-order valence-corrected chi connectivity index (χ2v) is 3.26. The fraction of sp³-hybridized carbons (Fsp3) is 0.200. The summed E-state index contributed by atoms with van der Waals surface area (Å²) in [5.41, 5.74) is 1.58. The summed E-state index contributed by atoms with van der Waals surface area (Å²) in [6.07, 6.45) is 0. The summed E-state index contributed by atoms with van der Waals surface area (Å²) >= 11 is 5.91. The Hall–Kier alpha value is -0.990. The maximum Gasteiger partial charge on any atom is 0.170 e. The van der Waals surface area contributed by atoms with Crippen LogP contribution in [0.1, 0.15) is 11.3 Å². The second kappa shape index (κ2) is 3.40. The van der Waals surface area contributed by atoms with Crippen LogP contribution in [0.5, 0.6) is 0 Å². The fourth-order valence-corrected chi connectivity index (χ4v) is 1.46. The van der Waals surface area contributed by atoms with Gasteiger partial charge in [0.05, 0.1) is 5.69 Å². The number of hydrogen-bond acceptors (Lipinski definition) is 1. The molecule has 0 spiro atoms. The van der Waals surface area contributed by atoms with Gasteiger partial charge in [-0.2, -0.15) is 0 Å². The van der Waals surface area contributed by atoms with Gasteiger partial charge < -0.3 is 9.72 Å². The van der Waals surface area contributed by atoms with Crippen LogP contribution in [0.25, 0.3) is 10.9 Å². The van der Waals surface area contributed by atoms with Crippen LogP contribution in [0.15, 0.2) is 30.3 Å². The molecule has 2 nitrogen and oxygen atoms in total. The lowest BCUT2D eigenvalue weighted by Gasteiger charge is -2.02. The van der Waals surface area contributed by atoms with Crippen molar-refractivity contribution in [1.29, 1.82) is 0 Å². The molecule has 1 aromatic heterocycles. The van der Waals surface area contributed by atoms with Crippen LogP contribution < -0.4 is 0 Å². The molecular weight excluding hydrogens is 186 g/mol. The average molecular weight is 196 g/mol. The number of H-pyrrole nitrogens is 1. The third kappa shape index (κ3) is 1.55. The summed E-state index contributed by atoms with van der Waals surface area (Å²) in [6, 6.07) is 10.0. The van der Waals surface area contributed by atoms with Crippen LogP contribution in [0.4, 0.5) is 0 Å². The number of rotatable bonds is 2. The first-order chi connectivity index (χ1) is 6.31. The van der Waals surface area contributed by atoms with Crippen molar-refractivity contribution < 1.29 is 4.74 Å². The van der Waals surface area contributed by atoms with Crippen LogP contribution in [0.3, 0.4) is 0 Å². The molecule has 1 aromatic carbocycles. The van der Waals surface area contributed by atoms with Gasteiger partial charge in [0.25, 0.3) is 0 Å². The number of para-hydroxylation sites is 1. The van der Waals surface area contributed by atoms with Crippen LogP contribution >= 0.6 is 11.6 Å². The van der Waals surface area contributed by atoms with Gasteiger partial charge in [-0.3, -0.25) is 0 Å². The van der Waals surface area contributed by atoms with Gasteiger partial charge in [-0.25, -0.2) is 0 Å². The third-order valence-electron chi connectivity index (χ3n) is 2.00. The smallest absolute Gasteiger partial charge is 0.170 e. The Morgan fingerprint density at radius 3 is 2.85 bits per heavy atom.